The first-order valence-electron chi connectivity index (χ1n) is 4.81. The van der Waals surface area contributed by atoms with Crippen molar-refractivity contribution in [2.75, 3.05) is 22.7 Å². The van der Waals surface area contributed by atoms with Crippen molar-refractivity contribution in [1.29, 1.82) is 0 Å². The lowest BCUT2D eigenvalue weighted by Gasteiger charge is -2.20. The summed E-state index contributed by atoms with van der Waals surface area (Å²) in [5.41, 5.74) is 3.54. The minimum Gasteiger partial charge on any atom is -0.308 e. The van der Waals surface area contributed by atoms with Gasteiger partial charge in [0.05, 0.1) is 5.25 Å². The third-order valence-electron chi connectivity index (χ3n) is 2.12. The van der Waals surface area contributed by atoms with Gasteiger partial charge in [-0.25, -0.2) is 15.8 Å². The standard InChI is InChI=1S/C9H14N4S2/c1-6-4-8(13-10)12-9(11-6)7-5-14-2-3-15-7/h4,7H,2-3,5,10H2,1H3,(H,11,12,13). The molecule has 15 heavy (non-hydrogen) atoms. The van der Waals surface area contributed by atoms with Gasteiger partial charge in [0.15, 0.2) is 0 Å². The van der Waals surface area contributed by atoms with E-state index in [-0.39, 0.29) is 0 Å². The van der Waals surface area contributed by atoms with E-state index in [0.29, 0.717) is 11.1 Å². The Morgan fingerprint density at radius 2 is 2.33 bits per heavy atom. The zero-order valence-electron chi connectivity index (χ0n) is 8.56. The van der Waals surface area contributed by atoms with Crippen molar-refractivity contribution >= 4 is 29.3 Å². The molecule has 1 fully saturated rings. The molecule has 82 valence electrons. The van der Waals surface area contributed by atoms with Crippen molar-refractivity contribution in [2.24, 2.45) is 5.84 Å². The van der Waals surface area contributed by atoms with Crippen LogP contribution in [0.3, 0.4) is 0 Å². The highest BCUT2D eigenvalue weighted by Crippen LogP contribution is 2.35. The van der Waals surface area contributed by atoms with E-state index in [4.69, 9.17) is 5.84 Å². The minimum absolute atomic E-state index is 0.413. The van der Waals surface area contributed by atoms with Gasteiger partial charge < -0.3 is 5.43 Å². The predicted octanol–water partition coefficient (Wildman–Crippen LogP) is 1.59. The molecule has 1 aliphatic rings. The van der Waals surface area contributed by atoms with Gasteiger partial charge in [-0.1, -0.05) is 0 Å². The number of nitrogens with one attached hydrogen (secondary N) is 1. The Morgan fingerprint density at radius 1 is 1.47 bits per heavy atom. The van der Waals surface area contributed by atoms with E-state index in [1.54, 1.807) is 0 Å². The fourth-order valence-electron chi connectivity index (χ4n) is 1.45. The lowest BCUT2D eigenvalue weighted by atomic mass is 10.3. The maximum Gasteiger partial charge on any atom is 0.144 e. The first-order valence-corrected chi connectivity index (χ1v) is 7.01. The Bertz CT molecular complexity index is 339. The number of nitrogens with zero attached hydrogens (tertiary/aromatic N) is 2. The van der Waals surface area contributed by atoms with Crippen LogP contribution in [-0.4, -0.2) is 27.2 Å². The van der Waals surface area contributed by atoms with Gasteiger partial charge in [-0.15, -0.1) is 11.8 Å². The molecule has 1 aromatic heterocycles. The predicted molar refractivity (Wildman–Crippen MR) is 67.1 cm³/mol. The molecule has 0 aromatic carbocycles. The summed E-state index contributed by atoms with van der Waals surface area (Å²) in [4.78, 5) is 8.86. The number of thioether (sulfide) groups is 2. The molecule has 0 amide bonds. The second kappa shape index (κ2) is 5.05. The first-order chi connectivity index (χ1) is 7.29. The van der Waals surface area contributed by atoms with Gasteiger partial charge in [0.2, 0.25) is 0 Å². The van der Waals surface area contributed by atoms with Gasteiger partial charge in [0.25, 0.3) is 0 Å². The van der Waals surface area contributed by atoms with E-state index >= 15 is 0 Å². The molecule has 1 saturated heterocycles. The van der Waals surface area contributed by atoms with Crippen LogP contribution in [0.15, 0.2) is 6.07 Å². The lowest BCUT2D eigenvalue weighted by molar-refractivity contribution is 0.903. The first kappa shape index (κ1) is 11.0. The highest BCUT2D eigenvalue weighted by Gasteiger charge is 2.19. The molecule has 6 heteroatoms. The van der Waals surface area contributed by atoms with Gasteiger partial charge in [-0.2, -0.15) is 11.8 Å². The van der Waals surface area contributed by atoms with E-state index < -0.39 is 0 Å². The fourth-order valence-corrected chi connectivity index (χ4v) is 4.04. The molecule has 0 bridgehead atoms. The van der Waals surface area contributed by atoms with Gasteiger partial charge in [-0.05, 0) is 6.92 Å². The van der Waals surface area contributed by atoms with Crippen LogP contribution in [0.2, 0.25) is 0 Å². The van der Waals surface area contributed by atoms with Crippen LogP contribution in [0.25, 0.3) is 0 Å². The van der Waals surface area contributed by atoms with Crippen molar-refractivity contribution in [3.05, 3.63) is 17.6 Å². The molecular weight excluding hydrogens is 228 g/mol. The Labute approximate surface area is 97.8 Å². The van der Waals surface area contributed by atoms with Crippen LogP contribution in [0.4, 0.5) is 5.82 Å². The smallest absolute Gasteiger partial charge is 0.144 e. The molecule has 2 rings (SSSR count). The van der Waals surface area contributed by atoms with Crippen LogP contribution in [0.5, 0.6) is 0 Å². The fraction of sp³-hybridized carbons (Fsp3) is 0.556. The summed E-state index contributed by atoms with van der Waals surface area (Å²) in [7, 11) is 0. The molecule has 1 atom stereocenters. The van der Waals surface area contributed by atoms with Crippen LogP contribution in [0, 0.1) is 6.92 Å². The number of nitrogen functional groups attached to an aromatic ring is 1. The van der Waals surface area contributed by atoms with E-state index in [9.17, 15) is 0 Å². The summed E-state index contributed by atoms with van der Waals surface area (Å²) in [5, 5.41) is 0.413. The summed E-state index contributed by atoms with van der Waals surface area (Å²) >= 11 is 3.89. The lowest BCUT2D eigenvalue weighted by Crippen LogP contribution is -2.14. The van der Waals surface area contributed by atoms with Crippen molar-refractivity contribution in [3.63, 3.8) is 0 Å². The Balaban J connectivity index is 2.22. The SMILES string of the molecule is Cc1cc(NN)nc(C2CSCCS2)n1. The largest absolute Gasteiger partial charge is 0.308 e. The molecular formula is C9H14N4S2. The molecule has 1 aromatic rings. The summed E-state index contributed by atoms with van der Waals surface area (Å²) < 4.78 is 0. The van der Waals surface area contributed by atoms with E-state index in [2.05, 4.69) is 15.4 Å². The number of hydrogen-bond donors (Lipinski definition) is 2. The second-order valence-corrected chi connectivity index (χ2v) is 5.79. The monoisotopic (exact) mass is 242 g/mol. The number of nitrogens with two attached hydrogens (primary N) is 1. The molecule has 0 spiro atoms. The summed E-state index contributed by atoms with van der Waals surface area (Å²) in [6.45, 7) is 1.96. The average molecular weight is 242 g/mol. The third-order valence-corrected chi connectivity index (χ3v) is 4.87. The number of aryl methyl sites for hydroxylation is 1. The van der Waals surface area contributed by atoms with Crippen LogP contribution in [0.1, 0.15) is 16.8 Å². The van der Waals surface area contributed by atoms with Crippen molar-refractivity contribution < 1.29 is 0 Å². The zero-order chi connectivity index (χ0) is 10.7. The number of anilines is 1. The molecule has 1 aliphatic heterocycles. The van der Waals surface area contributed by atoms with Crippen molar-refractivity contribution in [3.8, 4) is 0 Å². The van der Waals surface area contributed by atoms with E-state index in [0.717, 1.165) is 17.3 Å². The average Bonchev–Trinajstić information content (AvgIpc) is 2.29. The highest BCUT2D eigenvalue weighted by molar-refractivity contribution is 8.06. The topological polar surface area (TPSA) is 63.8 Å². The number of rotatable bonds is 2. The normalized spacial score (nSPS) is 21.3. The minimum atomic E-state index is 0.413. The van der Waals surface area contributed by atoms with Crippen molar-refractivity contribution in [2.45, 2.75) is 12.2 Å². The van der Waals surface area contributed by atoms with Gasteiger partial charge >= 0.3 is 0 Å². The van der Waals surface area contributed by atoms with Gasteiger partial charge in [0.1, 0.15) is 11.6 Å². The number of aromatic nitrogens is 2. The summed E-state index contributed by atoms with van der Waals surface area (Å²) in [6, 6.07) is 1.85. The number of hydrogen-bond acceptors (Lipinski definition) is 6. The third kappa shape index (κ3) is 2.76. The van der Waals surface area contributed by atoms with Crippen LogP contribution < -0.4 is 11.3 Å². The van der Waals surface area contributed by atoms with Gasteiger partial charge in [0, 0.05) is 29.0 Å². The number of hydrazine groups is 1. The zero-order valence-corrected chi connectivity index (χ0v) is 10.2. The van der Waals surface area contributed by atoms with E-state index in [1.165, 1.54) is 11.5 Å². The molecule has 0 saturated carbocycles. The highest BCUT2D eigenvalue weighted by atomic mass is 32.2. The summed E-state index contributed by atoms with van der Waals surface area (Å²) in [6.07, 6.45) is 0. The quantitative estimate of drug-likeness (QED) is 0.606. The Hall–Kier alpha value is -0.460. The molecule has 0 aliphatic carbocycles. The maximum atomic E-state index is 5.36. The molecule has 1 unspecified atom stereocenters. The van der Waals surface area contributed by atoms with Gasteiger partial charge in [-0.3, -0.25) is 0 Å². The van der Waals surface area contributed by atoms with Crippen LogP contribution >= 0.6 is 23.5 Å². The Morgan fingerprint density at radius 3 is 3.00 bits per heavy atom. The maximum absolute atomic E-state index is 5.36. The van der Waals surface area contributed by atoms with Crippen molar-refractivity contribution in [1.82, 2.24) is 9.97 Å². The Kier molecular flexibility index (Phi) is 3.71. The second-order valence-electron chi connectivity index (χ2n) is 3.33. The molecule has 2 heterocycles. The molecule has 4 nitrogen and oxygen atoms in total. The van der Waals surface area contributed by atoms with Crippen LogP contribution in [-0.2, 0) is 0 Å². The molecule has 0 radical (unpaired) electrons. The van der Waals surface area contributed by atoms with E-state index in [1.807, 2.05) is 36.5 Å². The molecule has 3 N–H and O–H groups in total. The summed E-state index contributed by atoms with van der Waals surface area (Å²) in [5.74, 6) is 10.5.